The molecule has 1 aromatic carbocycles. The predicted molar refractivity (Wildman–Crippen MR) is 71.9 cm³/mol. The first-order valence-corrected chi connectivity index (χ1v) is 6.26. The minimum Gasteiger partial charge on any atom is -0.494 e. The average molecular weight is 251 g/mol. The normalized spacial score (nSPS) is 10.4. The van der Waals surface area contributed by atoms with E-state index in [2.05, 4.69) is 12.2 Å². The van der Waals surface area contributed by atoms with Crippen LogP contribution in [0.2, 0.25) is 0 Å². The van der Waals surface area contributed by atoms with E-state index in [0.717, 1.165) is 17.9 Å². The van der Waals surface area contributed by atoms with Crippen LogP contribution in [0.15, 0.2) is 24.3 Å². The van der Waals surface area contributed by atoms with E-state index in [1.54, 1.807) is 0 Å². The summed E-state index contributed by atoms with van der Waals surface area (Å²) >= 11 is 0. The fourth-order valence-corrected chi connectivity index (χ4v) is 1.29. The summed E-state index contributed by atoms with van der Waals surface area (Å²) < 4.78 is 10.7. The first kappa shape index (κ1) is 14.5. The Morgan fingerprint density at radius 3 is 2.50 bits per heavy atom. The quantitative estimate of drug-likeness (QED) is 0.810. The van der Waals surface area contributed by atoms with Crippen molar-refractivity contribution in [3.05, 3.63) is 24.3 Å². The summed E-state index contributed by atoms with van der Waals surface area (Å²) in [6, 6.07) is 7.32. The molecule has 0 bridgehead atoms. The topological polar surface area (TPSA) is 47.6 Å². The summed E-state index contributed by atoms with van der Waals surface area (Å²) in [6.45, 7) is 6.63. The second-order valence-electron chi connectivity index (χ2n) is 4.28. The number of nitrogens with one attached hydrogen (secondary N) is 1. The van der Waals surface area contributed by atoms with E-state index < -0.39 is 0 Å². The van der Waals surface area contributed by atoms with Gasteiger partial charge in [0.25, 0.3) is 0 Å². The lowest BCUT2D eigenvalue weighted by molar-refractivity contribution is -0.121. The van der Waals surface area contributed by atoms with Gasteiger partial charge >= 0.3 is 0 Å². The fraction of sp³-hybridized carbons (Fsp3) is 0.500. The highest BCUT2D eigenvalue weighted by molar-refractivity contribution is 5.91. The molecule has 0 heterocycles. The summed E-state index contributed by atoms with van der Waals surface area (Å²) in [7, 11) is 0. The molecule has 0 aliphatic rings. The Balaban J connectivity index is 2.40. The second kappa shape index (κ2) is 7.71. The lowest BCUT2D eigenvalue weighted by Gasteiger charge is -2.09. The van der Waals surface area contributed by atoms with Crippen LogP contribution in [0, 0.1) is 0 Å². The molecule has 0 saturated heterocycles. The van der Waals surface area contributed by atoms with Gasteiger partial charge < -0.3 is 14.8 Å². The van der Waals surface area contributed by atoms with Gasteiger partial charge in [-0.2, -0.15) is 0 Å². The molecule has 1 N–H and O–H groups in total. The van der Waals surface area contributed by atoms with Crippen LogP contribution in [0.4, 0.5) is 5.69 Å². The van der Waals surface area contributed by atoms with Crippen molar-refractivity contribution in [1.29, 1.82) is 0 Å². The van der Waals surface area contributed by atoms with E-state index in [9.17, 15) is 4.79 Å². The van der Waals surface area contributed by atoms with Crippen molar-refractivity contribution < 1.29 is 14.3 Å². The third-order valence-electron chi connectivity index (χ3n) is 2.16. The van der Waals surface area contributed by atoms with E-state index in [1.807, 2.05) is 38.1 Å². The molecule has 1 amide bonds. The number of anilines is 1. The van der Waals surface area contributed by atoms with E-state index in [0.29, 0.717) is 6.61 Å². The van der Waals surface area contributed by atoms with Crippen LogP contribution in [-0.2, 0) is 9.53 Å². The highest BCUT2D eigenvalue weighted by atomic mass is 16.5. The lowest BCUT2D eigenvalue weighted by Crippen LogP contribution is -2.20. The maximum Gasteiger partial charge on any atom is 0.250 e. The number of benzene rings is 1. The number of rotatable bonds is 7. The predicted octanol–water partition coefficient (Wildman–Crippen LogP) is 2.84. The Morgan fingerprint density at radius 1 is 1.28 bits per heavy atom. The smallest absolute Gasteiger partial charge is 0.250 e. The third-order valence-corrected chi connectivity index (χ3v) is 2.16. The van der Waals surface area contributed by atoms with Crippen molar-refractivity contribution in [3.8, 4) is 5.75 Å². The van der Waals surface area contributed by atoms with Crippen molar-refractivity contribution >= 4 is 11.6 Å². The fourth-order valence-electron chi connectivity index (χ4n) is 1.29. The molecule has 4 nitrogen and oxygen atoms in total. The Labute approximate surface area is 108 Å². The first-order chi connectivity index (χ1) is 8.61. The Morgan fingerprint density at radius 2 is 1.94 bits per heavy atom. The van der Waals surface area contributed by atoms with Gasteiger partial charge in [0.1, 0.15) is 12.4 Å². The molecule has 0 spiro atoms. The molecule has 0 aliphatic heterocycles. The molecule has 0 saturated carbocycles. The molecule has 1 rings (SSSR count). The van der Waals surface area contributed by atoms with Crippen LogP contribution in [0.25, 0.3) is 0 Å². The molecule has 18 heavy (non-hydrogen) atoms. The van der Waals surface area contributed by atoms with Crippen LogP contribution < -0.4 is 10.1 Å². The van der Waals surface area contributed by atoms with Crippen molar-refractivity contribution in [2.45, 2.75) is 33.3 Å². The molecule has 0 unspecified atom stereocenters. The van der Waals surface area contributed by atoms with Gasteiger partial charge in [0, 0.05) is 5.69 Å². The van der Waals surface area contributed by atoms with Crippen molar-refractivity contribution in [2.75, 3.05) is 18.5 Å². The van der Waals surface area contributed by atoms with Crippen molar-refractivity contribution in [3.63, 3.8) is 0 Å². The number of hydrogen-bond acceptors (Lipinski definition) is 3. The highest BCUT2D eigenvalue weighted by Gasteiger charge is 2.04. The summed E-state index contributed by atoms with van der Waals surface area (Å²) in [5.74, 6) is 0.666. The van der Waals surface area contributed by atoms with E-state index in [4.69, 9.17) is 9.47 Å². The monoisotopic (exact) mass is 251 g/mol. The van der Waals surface area contributed by atoms with Crippen LogP contribution in [0.1, 0.15) is 27.2 Å². The number of amides is 1. The molecule has 4 heteroatoms. The zero-order valence-electron chi connectivity index (χ0n) is 11.2. The number of carbonyl (C=O) groups excluding carboxylic acids is 1. The molecule has 0 radical (unpaired) electrons. The van der Waals surface area contributed by atoms with E-state index in [1.165, 1.54) is 0 Å². The largest absolute Gasteiger partial charge is 0.494 e. The van der Waals surface area contributed by atoms with Crippen LogP contribution in [0.3, 0.4) is 0 Å². The molecule has 0 aromatic heterocycles. The van der Waals surface area contributed by atoms with E-state index >= 15 is 0 Å². The minimum absolute atomic E-state index is 0.0561. The Hall–Kier alpha value is -1.55. The SMILES string of the molecule is CCCOc1ccc(NC(=O)COC(C)C)cc1. The summed E-state index contributed by atoms with van der Waals surface area (Å²) in [4.78, 5) is 11.5. The summed E-state index contributed by atoms with van der Waals surface area (Å²) in [5.41, 5.74) is 0.746. The Kier molecular flexibility index (Phi) is 6.22. The van der Waals surface area contributed by atoms with E-state index in [-0.39, 0.29) is 18.6 Å². The first-order valence-electron chi connectivity index (χ1n) is 6.26. The third kappa shape index (κ3) is 5.68. The van der Waals surface area contributed by atoms with Crippen LogP contribution in [0.5, 0.6) is 5.75 Å². The summed E-state index contributed by atoms with van der Waals surface area (Å²) in [5, 5.41) is 2.76. The Bertz CT molecular complexity index is 360. The second-order valence-corrected chi connectivity index (χ2v) is 4.28. The number of ether oxygens (including phenoxy) is 2. The van der Waals surface area contributed by atoms with Crippen molar-refractivity contribution in [2.24, 2.45) is 0 Å². The van der Waals surface area contributed by atoms with Gasteiger partial charge in [0.05, 0.1) is 12.7 Å². The standard InChI is InChI=1S/C14H21NO3/c1-4-9-17-13-7-5-12(6-8-13)15-14(16)10-18-11(2)3/h5-8,11H,4,9-10H2,1-3H3,(H,15,16). The average Bonchev–Trinajstić information content (AvgIpc) is 2.35. The molecule has 100 valence electrons. The van der Waals surface area contributed by atoms with Gasteiger partial charge in [-0.25, -0.2) is 0 Å². The molecule has 0 fully saturated rings. The van der Waals surface area contributed by atoms with Gasteiger partial charge in [0.2, 0.25) is 5.91 Å². The zero-order valence-corrected chi connectivity index (χ0v) is 11.2. The van der Waals surface area contributed by atoms with Gasteiger partial charge in [-0.05, 0) is 44.5 Å². The molecule has 0 atom stereocenters. The molecule has 0 aliphatic carbocycles. The lowest BCUT2D eigenvalue weighted by atomic mass is 10.3. The van der Waals surface area contributed by atoms with Crippen LogP contribution >= 0.6 is 0 Å². The van der Waals surface area contributed by atoms with Crippen molar-refractivity contribution in [1.82, 2.24) is 0 Å². The van der Waals surface area contributed by atoms with Gasteiger partial charge in [-0.1, -0.05) is 6.92 Å². The molecule has 1 aromatic rings. The summed E-state index contributed by atoms with van der Waals surface area (Å²) in [6.07, 6.45) is 1.03. The maximum atomic E-state index is 11.5. The maximum absolute atomic E-state index is 11.5. The molecular weight excluding hydrogens is 230 g/mol. The van der Waals surface area contributed by atoms with Gasteiger partial charge in [-0.15, -0.1) is 0 Å². The van der Waals surface area contributed by atoms with Crippen LogP contribution in [-0.4, -0.2) is 25.2 Å². The minimum atomic E-state index is -0.147. The molecular formula is C14H21NO3. The van der Waals surface area contributed by atoms with Gasteiger partial charge in [0.15, 0.2) is 0 Å². The highest BCUT2D eigenvalue weighted by Crippen LogP contribution is 2.15. The zero-order chi connectivity index (χ0) is 13.4. The number of hydrogen-bond donors (Lipinski definition) is 1. The van der Waals surface area contributed by atoms with Gasteiger partial charge in [-0.3, -0.25) is 4.79 Å². The number of carbonyl (C=O) groups is 1.